The maximum Gasteiger partial charge on any atom is 0.236 e. The van der Waals surface area contributed by atoms with E-state index >= 15 is 0 Å². The molecule has 0 aliphatic rings. The van der Waals surface area contributed by atoms with Gasteiger partial charge in [0.1, 0.15) is 5.82 Å². The molecule has 0 atom stereocenters. The number of amides is 1. The van der Waals surface area contributed by atoms with E-state index < -0.39 is 0 Å². The third-order valence-corrected chi connectivity index (χ3v) is 4.57. The summed E-state index contributed by atoms with van der Waals surface area (Å²) in [5, 5.41) is 12.0. The number of hydrogen-bond acceptors (Lipinski definition) is 5. The maximum atomic E-state index is 12.1. The van der Waals surface area contributed by atoms with Crippen LogP contribution < -0.4 is 5.32 Å². The Morgan fingerprint density at radius 1 is 1.16 bits per heavy atom. The lowest BCUT2D eigenvalue weighted by Gasteiger charge is -2.08. The van der Waals surface area contributed by atoms with Crippen molar-refractivity contribution >= 4 is 23.5 Å². The number of aromatic nitrogens is 4. The number of nitrogens with one attached hydrogen (secondary N) is 1. The molecule has 0 radical (unpaired) electrons. The van der Waals surface area contributed by atoms with Crippen molar-refractivity contribution in [3.63, 3.8) is 0 Å². The lowest BCUT2D eigenvalue weighted by molar-refractivity contribution is -0.113. The summed E-state index contributed by atoms with van der Waals surface area (Å²) in [6, 6.07) is 13.6. The number of hydrogen-bond donors (Lipinski definition) is 1. The second-order valence-electron chi connectivity index (χ2n) is 5.47. The van der Waals surface area contributed by atoms with Crippen molar-refractivity contribution in [2.24, 2.45) is 0 Å². The molecule has 0 unspecified atom stereocenters. The van der Waals surface area contributed by atoms with E-state index in [0.717, 1.165) is 23.1 Å². The zero-order chi connectivity index (χ0) is 17.6. The van der Waals surface area contributed by atoms with Gasteiger partial charge >= 0.3 is 0 Å². The first-order valence-electron chi connectivity index (χ1n) is 8.01. The molecular weight excluding hydrogens is 334 g/mol. The first kappa shape index (κ1) is 17.2. The molecule has 3 rings (SSSR count). The van der Waals surface area contributed by atoms with Crippen molar-refractivity contribution in [3.05, 3.63) is 54.2 Å². The third kappa shape index (κ3) is 4.24. The smallest absolute Gasteiger partial charge is 0.236 e. The van der Waals surface area contributed by atoms with Crippen molar-refractivity contribution in [3.8, 4) is 11.4 Å². The van der Waals surface area contributed by atoms with E-state index in [0.29, 0.717) is 5.82 Å². The fourth-order valence-corrected chi connectivity index (χ4v) is 3.14. The molecule has 1 aromatic carbocycles. The average molecular weight is 353 g/mol. The van der Waals surface area contributed by atoms with E-state index in [1.165, 1.54) is 17.3 Å². The van der Waals surface area contributed by atoms with Gasteiger partial charge in [-0.05, 0) is 26.0 Å². The minimum Gasteiger partial charge on any atom is -0.310 e. The Bertz CT molecular complexity index is 846. The Morgan fingerprint density at radius 2 is 1.96 bits per heavy atom. The molecule has 128 valence electrons. The fraction of sp³-hybridized carbons (Fsp3) is 0.222. The lowest BCUT2D eigenvalue weighted by atomic mass is 10.1. The second kappa shape index (κ2) is 7.94. The molecule has 0 saturated carbocycles. The zero-order valence-electron chi connectivity index (χ0n) is 14.1. The van der Waals surface area contributed by atoms with E-state index in [2.05, 4.69) is 39.6 Å². The van der Waals surface area contributed by atoms with E-state index in [-0.39, 0.29) is 11.7 Å². The predicted octanol–water partition coefficient (Wildman–Crippen LogP) is 3.40. The van der Waals surface area contributed by atoms with Gasteiger partial charge in [0.25, 0.3) is 0 Å². The highest BCUT2D eigenvalue weighted by Gasteiger charge is 2.14. The van der Waals surface area contributed by atoms with Gasteiger partial charge < -0.3 is 9.88 Å². The minimum atomic E-state index is -0.119. The van der Waals surface area contributed by atoms with Crippen molar-refractivity contribution in [2.75, 3.05) is 11.1 Å². The number of carbonyl (C=O) groups is 1. The van der Waals surface area contributed by atoms with Crippen LogP contribution in [0.5, 0.6) is 0 Å². The van der Waals surface area contributed by atoms with Gasteiger partial charge in [0.05, 0.1) is 5.75 Å². The maximum absolute atomic E-state index is 12.1. The first-order chi connectivity index (χ1) is 12.2. The molecule has 0 bridgehead atoms. The largest absolute Gasteiger partial charge is 0.310 e. The van der Waals surface area contributed by atoms with E-state index in [1.54, 1.807) is 18.3 Å². The van der Waals surface area contributed by atoms with Gasteiger partial charge in [-0.15, -0.1) is 10.2 Å². The molecule has 2 aromatic heterocycles. The van der Waals surface area contributed by atoms with Crippen LogP contribution in [0.4, 0.5) is 5.82 Å². The Morgan fingerprint density at radius 3 is 2.64 bits per heavy atom. The second-order valence-corrected chi connectivity index (χ2v) is 6.41. The fourth-order valence-electron chi connectivity index (χ4n) is 2.34. The number of aryl methyl sites for hydroxylation is 1. The average Bonchev–Trinajstić information content (AvgIpc) is 3.04. The van der Waals surface area contributed by atoms with Crippen LogP contribution in [0.1, 0.15) is 12.5 Å². The number of carbonyl (C=O) groups excluding carboxylic acids is 1. The topological polar surface area (TPSA) is 72.7 Å². The van der Waals surface area contributed by atoms with Crippen molar-refractivity contribution < 1.29 is 4.79 Å². The number of thioether (sulfide) groups is 1. The molecule has 7 heteroatoms. The highest BCUT2D eigenvalue weighted by molar-refractivity contribution is 7.99. The van der Waals surface area contributed by atoms with Crippen molar-refractivity contribution in [1.82, 2.24) is 19.7 Å². The quantitative estimate of drug-likeness (QED) is 0.688. The Kier molecular flexibility index (Phi) is 5.45. The first-order valence-corrected chi connectivity index (χ1v) is 9.00. The summed E-state index contributed by atoms with van der Waals surface area (Å²) in [4.78, 5) is 16.2. The molecule has 25 heavy (non-hydrogen) atoms. The number of nitrogens with zero attached hydrogens (tertiary/aromatic N) is 4. The van der Waals surface area contributed by atoms with Crippen LogP contribution in [0, 0.1) is 6.92 Å². The molecule has 1 amide bonds. The minimum absolute atomic E-state index is 0.119. The van der Waals surface area contributed by atoms with Crippen LogP contribution in [0.25, 0.3) is 11.4 Å². The molecule has 0 aliphatic carbocycles. The molecule has 0 fully saturated rings. The van der Waals surface area contributed by atoms with Crippen LogP contribution in [-0.4, -0.2) is 31.4 Å². The Hall–Kier alpha value is -2.67. The Balaban J connectivity index is 1.69. The number of rotatable bonds is 6. The van der Waals surface area contributed by atoms with Gasteiger partial charge in [-0.2, -0.15) is 0 Å². The van der Waals surface area contributed by atoms with Crippen LogP contribution in [-0.2, 0) is 11.3 Å². The predicted molar refractivity (Wildman–Crippen MR) is 99.5 cm³/mol. The highest BCUT2D eigenvalue weighted by atomic mass is 32.2. The van der Waals surface area contributed by atoms with Crippen LogP contribution in [0.15, 0.2) is 53.8 Å². The summed E-state index contributed by atoms with van der Waals surface area (Å²) in [7, 11) is 0. The Labute approximate surface area is 150 Å². The van der Waals surface area contributed by atoms with Gasteiger partial charge in [-0.3, -0.25) is 4.79 Å². The van der Waals surface area contributed by atoms with E-state index in [1.807, 2.05) is 29.7 Å². The molecule has 3 aromatic rings. The molecule has 0 aliphatic heterocycles. The molecular formula is C18H19N5OS. The van der Waals surface area contributed by atoms with Crippen LogP contribution in [0.3, 0.4) is 0 Å². The number of pyridine rings is 1. The molecule has 2 heterocycles. The summed E-state index contributed by atoms with van der Waals surface area (Å²) in [6.07, 6.45) is 1.64. The van der Waals surface area contributed by atoms with Crippen LogP contribution in [0.2, 0.25) is 0 Å². The normalized spacial score (nSPS) is 10.6. The summed E-state index contributed by atoms with van der Waals surface area (Å²) in [5.41, 5.74) is 2.22. The zero-order valence-corrected chi connectivity index (χ0v) is 15.0. The van der Waals surface area contributed by atoms with Gasteiger partial charge in [-0.1, -0.05) is 47.7 Å². The summed E-state index contributed by atoms with van der Waals surface area (Å²) in [5.74, 6) is 1.49. The molecule has 0 saturated heterocycles. The summed E-state index contributed by atoms with van der Waals surface area (Å²) < 4.78 is 2.02. The van der Waals surface area contributed by atoms with E-state index in [4.69, 9.17) is 0 Å². The number of benzene rings is 1. The molecule has 6 nitrogen and oxygen atoms in total. The number of anilines is 1. The highest BCUT2D eigenvalue weighted by Crippen LogP contribution is 2.24. The van der Waals surface area contributed by atoms with Crippen molar-refractivity contribution in [2.45, 2.75) is 25.5 Å². The standard InChI is InChI=1S/C18H19N5OS/c1-3-23-17(14-9-7-13(2)8-10-14)21-22-18(23)25-12-16(24)20-15-6-4-5-11-19-15/h4-11H,3,12H2,1-2H3,(H,19,20,24). The lowest BCUT2D eigenvalue weighted by Crippen LogP contribution is -2.15. The van der Waals surface area contributed by atoms with Crippen molar-refractivity contribution in [1.29, 1.82) is 0 Å². The van der Waals surface area contributed by atoms with Crippen LogP contribution >= 0.6 is 11.8 Å². The van der Waals surface area contributed by atoms with Gasteiger partial charge in [-0.25, -0.2) is 4.98 Å². The monoisotopic (exact) mass is 353 g/mol. The summed E-state index contributed by atoms with van der Waals surface area (Å²) in [6.45, 7) is 4.83. The summed E-state index contributed by atoms with van der Waals surface area (Å²) >= 11 is 1.37. The van der Waals surface area contributed by atoms with Gasteiger partial charge in [0, 0.05) is 18.3 Å². The SMILES string of the molecule is CCn1c(SCC(=O)Nc2ccccn2)nnc1-c1ccc(C)cc1. The van der Waals surface area contributed by atoms with Gasteiger partial charge in [0.15, 0.2) is 11.0 Å². The van der Waals surface area contributed by atoms with Gasteiger partial charge in [0.2, 0.25) is 5.91 Å². The third-order valence-electron chi connectivity index (χ3n) is 3.61. The molecule has 1 N–H and O–H groups in total. The van der Waals surface area contributed by atoms with E-state index in [9.17, 15) is 4.79 Å². The molecule has 0 spiro atoms.